The van der Waals surface area contributed by atoms with Gasteiger partial charge in [0, 0.05) is 6.08 Å². The Morgan fingerprint density at radius 1 is 1.45 bits per heavy atom. The van der Waals surface area contributed by atoms with E-state index in [1.807, 2.05) is 0 Å². The molecule has 0 fully saturated rings. The van der Waals surface area contributed by atoms with E-state index in [2.05, 4.69) is 6.92 Å². The van der Waals surface area contributed by atoms with Crippen LogP contribution in [0.4, 0.5) is 0 Å². The first kappa shape index (κ1) is 17.9. The smallest absolute Gasteiger partial charge is 0.328 e. The molecule has 1 aromatic carbocycles. The minimum atomic E-state index is -1.02. The normalized spacial score (nSPS) is 10.2. The van der Waals surface area contributed by atoms with Gasteiger partial charge in [-0.1, -0.05) is 19.4 Å². The summed E-state index contributed by atoms with van der Waals surface area (Å²) in [5, 5.41) is 17.6. The van der Waals surface area contributed by atoms with Crippen molar-refractivity contribution in [2.75, 3.05) is 7.11 Å². The lowest BCUT2D eigenvalue weighted by atomic mass is 10.2. The quantitative estimate of drug-likeness (QED) is 0.480. The lowest BCUT2D eigenvalue weighted by molar-refractivity contribution is -0.131. The summed E-state index contributed by atoms with van der Waals surface area (Å²) in [6.45, 7) is 2.06. The number of hydrogen-bond donors (Lipinski definition) is 4. The lowest BCUT2D eigenvalue weighted by Gasteiger charge is -2.03. The van der Waals surface area contributed by atoms with Crippen LogP contribution in [0.1, 0.15) is 25.3 Å². The molecule has 0 amide bonds. The summed E-state index contributed by atoms with van der Waals surface area (Å²) in [6.07, 6.45) is 4.35. The average Bonchev–Trinajstić information content (AvgIpc) is 2.38. The summed E-state index contributed by atoms with van der Waals surface area (Å²) in [5.74, 6) is -0.672. The van der Waals surface area contributed by atoms with E-state index < -0.39 is 5.97 Å². The Hall–Kier alpha value is -2.05. The first-order valence-corrected chi connectivity index (χ1v) is 6.19. The zero-order chi connectivity index (χ0) is 15.5. The topological polar surface area (TPSA) is 119 Å². The molecule has 6 heteroatoms. The number of ether oxygens (including phenoxy) is 1. The van der Waals surface area contributed by atoms with E-state index in [4.69, 9.17) is 21.3 Å². The highest BCUT2D eigenvalue weighted by atomic mass is 16.5. The average molecular weight is 282 g/mol. The molecule has 6 nitrogen and oxygen atoms in total. The van der Waals surface area contributed by atoms with Gasteiger partial charge in [0.1, 0.15) is 0 Å². The van der Waals surface area contributed by atoms with E-state index >= 15 is 0 Å². The van der Waals surface area contributed by atoms with E-state index in [1.165, 1.54) is 19.3 Å². The Bertz CT molecular complexity index is 445. The van der Waals surface area contributed by atoms with E-state index in [0.29, 0.717) is 11.3 Å². The number of phenolic OH excluding ortho intramolecular Hbond substituents is 1. The molecule has 0 aliphatic heterocycles. The largest absolute Gasteiger partial charge is 0.504 e. The van der Waals surface area contributed by atoms with Crippen LogP contribution in [-0.2, 0) is 4.79 Å². The fourth-order valence-electron chi connectivity index (χ4n) is 1.30. The Morgan fingerprint density at radius 3 is 2.50 bits per heavy atom. The van der Waals surface area contributed by atoms with Gasteiger partial charge < -0.3 is 26.4 Å². The number of methoxy groups -OCH3 is 1. The number of carbonyl (C=O) groups is 1. The fourth-order valence-corrected chi connectivity index (χ4v) is 1.30. The molecule has 0 aliphatic carbocycles. The van der Waals surface area contributed by atoms with Crippen LogP contribution >= 0.6 is 0 Å². The van der Waals surface area contributed by atoms with Crippen molar-refractivity contribution in [3.63, 3.8) is 0 Å². The summed E-state index contributed by atoms with van der Waals surface area (Å²) in [6, 6.07) is 4.59. The number of aliphatic carboxylic acids is 1. The van der Waals surface area contributed by atoms with E-state index in [0.717, 1.165) is 18.9 Å². The minimum Gasteiger partial charge on any atom is -0.504 e. The zero-order valence-electron chi connectivity index (χ0n) is 11.7. The van der Waals surface area contributed by atoms with Crippen LogP contribution in [0.15, 0.2) is 24.3 Å². The highest BCUT2D eigenvalue weighted by Gasteiger charge is 2.00. The van der Waals surface area contributed by atoms with Crippen molar-refractivity contribution in [1.82, 2.24) is 0 Å². The van der Waals surface area contributed by atoms with Gasteiger partial charge >= 0.3 is 5.97 Å². The van der Waals surface area contributed by atoms with Gasteiger partial charge in [-0.15, -0.1) is 0 Å². The van der Waals surface area contributed by atoms with Crippen molar-refractivity contribution in [1.29, 1.82) is 0 Å². The number of carboxylic acids is 1. The molecule has 1 aromatic rings. The zero-order valence-corrected chi connectivity index (χ0v) is 11.7. The maximum atomic E-state index is 10.2. The molecule has 0 aromatic heterocycles. The van der Waals surface area contributed by atoms with Crippen molar-refractivity contribution in [3.8, 4) is 11.5 Å². The monoisotopic (exact) mass is 282 g/mol. The van der Waals surface area contributed by atoms with Crippen molar-refractivity contribution in [3.05, 3.63) is 29.8 Å². The number of benzene rings is 1. The second kappa shape index (κ2) is 9.82. The molecule has 20 heavy (non-hydrogen) atoms. The van der Waals surface area contributed by atoms with Gasteiger partial charge in [-0.25, -0.2) is 4.79 Å². The highest BCUT2D eigenvalue weighted by molar-refractivity contribution is 5.85. The van der Waals surface area contributed by atoms with Gasteiger partial charge in [0.25, 0.3) is 0 Å². The fraction of sp³-hybridized carbons (Fsp3) is 0.357. The highest BCUT2D eigenvalue weighted by Crippen LogP contribution is 2.26. The Balaban J connectivity index is 0.000000511. The molecule has 0 radical (unpaired) electrons. The van der Waals surface area contributed by atoms with Crippen LogP contribution in [0, 0.1) is 0 Å². The van der Waals surface area contributed by atoms with Crippen molar-refractivity contribution in [2.45, 2.75) is 25.9 Å². The Kier molecular flexibility index (Phi) is 8.82. The number of phenols is 1. The van der Waals surface area contributed by atoms with Gasteiger partial charge in [0.05, 0.1) is 13.3 Å². The first-order chi connectivity index (χ1) is 9.40. The van der Waals surface area contributed by atoms with Gasteiger partial charge in [-0.3, -0.25) is 0 Å². The Morgan fingerprint density at radius 2 is 2.10 bits per heavy atom. The summed E-state index contributed by atoms with van der Waals surface area (Å²) in [7, 11) is 1.43. The molecule has 0 saturated carbocycles. The molecule has 0 heterocycles. The van der Waals surface area contributed by atoms with Gasteiger partial charge in [-0.2, -0.15) is 0 Å². The number of carboxylic acid groups (broad SMARTS) is 1. The molecule has 0 saturated heterocycles. The molecule has 0 spiro atoms. The third kappa shape index (κ3) is 8.12. The molecule has 0 aliphatic rings. The standard InChI is InChI=1S/C10H10O4.C4H12N2/c1-14-9-6-7(2-4-8(9)11)3-5-10(12)13;1-2-3-4(5)6/h2-6,11H,1H3,(H,12,13);4H,2-3,5-6H2,1H3/b5-3+;. The van der Waals surface area contributed by atoms with Crippen LogP contribution in [0.2, 0.25) is 0 Å². The summed E-state index contributed by atoms with van der Waals surface area (Å²) in [5.41, 5.74) is 11.0. The van der Waals surface area contributed by atoms with Crippen LogP contribution in [0.25, 0.3) is 6.08 Å². The van der Waals surface area contributed by atoms with E-state index in [9.17, 15) is 9.90 Å². The maximum Gasteiger partial charge on any atom is 0.328 e. The first-order valence-electron chi connectivity index (χ1n) is 6.19. The maximum absolute atomic E-state index is 10.2. The van der Waals surface area contributed by atoms with Crippen molar-refractivity contribution in [2.24, 2.45) is 11.5 Å². The van der Waals surface area contributed by atoms with Gasteiger partial charge in [0.2, 0.25) is 0 Å². The predicted molar refractivity (Wildman–Crippen MR) is 78.4 cm³/mol. The molecule has 0 unspecified atom stereocenters. The van der Waals surface area contributed by atoms with Crippen LogP contribution in [-0.4, -0.2) is 29.5 Å². The number of nitrogens with two attached hydrogens (primary N) is 2. The Labute approximate surface area is 118 Å². The lowest BCUT2D eigenvalue weighted by Crippen LogP contribution is -2.29. The second-order valence-corrected chi connectivity index (χ2v) is 4.06. The SMILES string of the molecule is CCCC(N)N.COc1cc(/C=C/C(=O)O)ccc1O. The predicted octanol–water partition coefficient (Wildman–Crippen LogP) is 1.53. The van der Waals surface area contributed by atoms with E-state index in [1.54, 1.807) is 12.1 Å². The number of hydrogen-bond acceptors (Lipinski definition) is 5. The van der Waals surface area contributed by atoms with Crippen LogP contribution in [0.3, 0.4) is 0 Å². The van der Waals surface area contributed by atoms with Gasteiger partial charge in [0.15, 0.2) is 11.5 Å². The minimum absolute atomic E-state index is 0.0278. The summed E-state index contributed by atoms with van der Waals surface area (Å²) in [4.78, 5) is 10.2. The number of rotatable bonds is 5. The van der Waals surface area contributed by atoms with E-state index in [-0.39, 0.29) is 11.9 Å². The molecule has 112 valence electrons. The number of aromatic hydroxyl groups is 1. The molecule has 0 bridgehead atoms. The van der Waals surface area contributed by atoms with Gasteiger partial charge in [-0.05, 0) is 30.2 Å². The summed E-state index contributed by atoms with van der Waals surface area (Å²) < 4.78 is 4.86. The molecular formula is C14H22N2O4. The third-order valence-corrected chi connectivity index (χ3v) is 2.24. The molecule has 6 N–H and O–H groups in total. The van der Waals surface area contributed by atoms with Crippen molar-refractivity contribution >= 4 is 12.0 Å². The van der Waals surface area contributed by atoms with Crippen molar-refractivity contribution < 1.29 is 19.7 Å². The third-order valence-electron chi connectivity index (χ3n) is 2.24. The molecule has 0 atom stereocenters. The molecule has 1 rings (SSSR count). The molecular weight excluding hydrogens is 260 g/mol. The van der Waals surface area contributed by atoms with Crippen LogP contribution < -0.4 is 16.2 Å². The second-order valence-electron chi connectivity index (χ2n) is 4.06. The van der Waals surface area contributed by atoms with Crippen LogP contribution in [0.5, 0.6) is 11.5 Å². The summed E-state index contributed by atoms with van der Waals surface area (Å²) >= 11 is 0.